The Balaban J connectivity index is 2.22. The van der Waals surface area contributed by atoms with Crippen LogP contribution in [-0.2, 0) is 16.1 Å². The lowest BCUT2D eigenvalue weighted by molar-refractivity contribution is 0.0694. The number of nitrogens with zero attached hydrogens (tertiary/aromatic N) is 2. The van der Waals surface area contributed by atoms with Crippen molar-refractivity contribution in [3.63, 3.8) is 0 Å². The second-order valence-corrected chi connectivity index (χ2v) is 8.95. The summed E-state index contributed by atoms with van der Waals surface area (Å²) < 4.78 is 18.4. The van der Waals surface area contributed by atoms with Crippen molar-refractivity contribution in [2.24, 2.45) is 0 Å². The SMILES string of the molecule is COCCCOc1cc2c(cc1COC)-c1cc(=O)c(C(=O)O)cn1N(C(C)(C)C)[C@@H]2C. The van der Waals surface area contributed by atoms with Crippen LogP contribution in [-0.4, -0.2) is 48.7 Å². The number of methoxy groups -OCH3 is 2. The van der Waals surface area contributed by atoms with Gasteiger partial charge in [0, 0.05) is 56.2 Å². The zero-order valence-corrected chi connectivity index (χ0v) is 19.6. The summed E-state index contributed by atoms with van der Waals surface area (Å²) >= 11 is 0. The average Bonchev–Trinajstić information content (AvgIpc) is 2.71. The van der Waals surface area contributed by atoms with Crippen LogP contribution in [0.4, 0.5) is 0 Å². The van der Waals surface area contributed by atoms with Crippen molar-refractivity contribution in [2.45, 2.75) is 52.3 Å². The molecule has 0 fully saturated rings. The van der Waals surface area contributed by atoms with Gasteiger partial charge in [-0.25, -0.2) is 4.79 Å². The van der Waals surface area contributed by atoms with Crippen molar-refractivity contribution in [2.75, 3.05) is 32.4 Å². The van der Waals surface area contributed by atoms with E-state index in [4.69, 9.17) is 14.2 Å². The number of benzene rings is 1. The zero-order chi connectivity index (χ0) is 23.6. The standard InChI is InChI=1S/C24H32N2O6/c1-15-17-11-22(32-9-7-8-30-5)16(14-31-6)10-18(17)20-12-21(27)19(23(28)29)13-25(20)26(15)24(2,3)4/h10-13,15H,7-9,14H2,1-6H3,(H,28,29)/t15-/m1/s1. The Labute approximate surface area is 188 Å². The van der Waals surface area contributed by atoms with Gasteiger partial charge in [-0.05, 0) is 45.4 Å². The van der Waals surface area contributed by atoms with Gasteiger partial charge in [-0.2, -0.15) is 0 Å². The second kappa shape index (κ2) is 9.34. The molecule has 1 aliphatic rings. The highest BCUT2D eigenvalue weighted by molar-refractivity contribution is 5.88. The van der Waals surface area contributed by atoms with E-state index < -0.39 is 11.4 Å². The third-order valence-electron chi connectivity index (χ3n) is 5.56. The average molecular weight is 445 g/mol. The Morgan fingerprint density at radius 3 is 2.44 bits per heavy atom. The molecule has 1 aromatic carbocycles. The fourth-order valence-corrected chi connectivity index (χ4v) is 4.28. The molecule has 0 spiro atoms. The molecule has 1 N–H and O–H groups in total. The molecular weight excluding hydrogens is 412 g/mol. The number of fused-ring (bicyclic) bond motifs is 3. The van der Waals surface area contributed by atoms with Crippen LogP contribution >= 0.6 is 0 Å². The lowest BCUT2D eigenvalue weighted by Gasteiger charge is -2.48. The predicted octanol–water partition coefficient (Wildman–Crippen LogP) is 3.59. The molecule has 0 saturated carbocycles. The molecule has 0 bridgehead atoms. The molecule has 0 radical (unpaired) electrons. The topological polar surface area (TPSA) is 90.2 Å². The van der Waals surface area contributed by atoms with E-state index in [0.29, 0.717) is 25.5 Å². The van der Waals surface area contributed by atoms with E-state index in [1.807, 2.05) is 12.1 Å². The summed E-state index contributed by atoms with van der Waals surface area (Å²) in [7, 11) is 3.28. The van der Waals surface area contributed by atoms with Crippen LogP contribution in [0.5, 0.6) is 5.75 Å². The van der Waals surface area contributed by atoms with Crippen LogP contribution in [0.3, 0.4) is 0 Å². The van der Waals surface area contributed by atoms with Crippen molar-refractivity contribution in [1.29, 1.82) is 0 Å². The number of hydrogen-bond donors (Lipinski definition) is 1. The lowest BCUT2D eigenvalue weighted by Crippen LogP contribution is -2.53. The summed E-state index contributed by atoms with van der Waals surface area (Å²) in [4.78, 5) is 24.2. The quantitative estimate of drug-likeness (QED) is 0.622. The largest absolute Gasteiger partial charge is 0.493 e. The van der Waals surface area contributed by atoms with Gasteiger partial charge in [-0.15, -0.1) is 0 Å². The van der Waals surface area contributed by atoms with Crippen LogP contribution in [0.2, 0.25) is 0 Å². The van der Waals surface area contributed by atoms with Crippen LogP contribution in [0, 0.1) is 0 Å². The summed E-state index contributed by atoms with van der Waals surface area (Å²) in [6.07, 6.45) is 2.19. The van der Waals surface area contributed by atoms with Gasteiger partial charge in [-0.1, -0.05) is 0 Å². The first-order valence-electron chi connectivity index (χ1n) is 10.7. The Kier molecular flexibility index (Phi) is 6.95. The third-order valence-corrected chi connectivity index (χ3v) is 5.56. The normalized spacial score (nSPS) is 15.3. The molecule has 3 rings (SSSR count). The molecule has 8 nitrogen and oxygen atoms in total. The van der Waals surface area contributed by atoms with Crippen LogP contribution in [0.15, 0.2) is 29.2 Å². The number of pyridine rings is 1. The van der Waals surface area contributed by atoms with Gasteiger partial charge in [0.15, 0.2) is 5.43 Å². The van der Waals surface area contributed by atoms with Gasteiger partial charge in [0.05, 0.1) is 24.9 Å². The highest BCUT2D eigenvalue weighted by Crippen LogP contribution is 2.42. The third kappa shape index (κ3) is 4.52. The molecule has 0 saturated heterocycles. The first-order valence-corrected chi connectivity index (χ1v) is 10.7. The Hall–Kier alpha value is -2.84. The number of carboxylic acid groups (broad SMARTS) is 1. The Bertz CT molecular complexity index is 1050. The number of aromatic nitrogens is 1. The van der Waals surface area contributed by atoms with Crippen LogP contribution < -0.4 is 15.2 Å². The smallest absolute Gasteiger partial charge is 0.341 e. The Morgan fingerprint density at radius 2 is 1.84 bits per heavy atom. The van der Waals surface area contributed by atoms with Gasteiger partial charge in [-0.3, -0.25) is 9.47 Å². The van der Waals surface area contributed by atoms with E-state index in [-0.39, 0.29) is 17.1 Å². The van der Waals surface area contributed by atoms with Gasteiger partial charge in [0.2, 0.25) is 0 Å². The van der Waals surface area contributed by atoms with E-state index >= 15 is 0 Å². The number of carboxylic acids is 1. The molecule has 32 heavy (non-hydrogen) atoms. The van der Waals surface area contributed by atoms with Crippen molar-refractivity contribution in [3.05, 3.63) is 51.3 Å². The highest BCUT2D eigenvalue weighted by Gasteiger charge is 2.36. The van der Waals surface area contributed by atoms with Crippen LogP contribution in [0.25, 0.3) is 11.3 Å². The number of rotatable bonds is 8. The maximum Gasteiger partial charge on any atom is 0.341 e. The molecule has 0 amide bonds. The van der Waals surface area contributed by atoms with Crippen molar-refractivity contribution in [1.82, 2.24) is 4.68 Å². The van der Waals surface area contributed by atoms with Gasteiger partial charge in [0.1, 0.15) is 11.3 Å². The molecule has 0 unspecified atom stereocenters. The minimum atomic E-state index is -1.24. The molecule has 174 valence electrons. The number of hydrogen-bond acceptors (Lipinski definition) is 6. The highest BCUT2D eigenvalue weighted by atomic mass is 16.5. The molecule has 1 aromatic heterocycles. The number of ether oxygens (including phenoxy) is 3. The first kappa shape index (κ1) is 23.8. The lowest BCUT2D eigenvalue weighted by atomic mass is 9.90. The Morgan fingerprint density at radius 1 is 1.12 bits per heavy atom. The predicted molar refractivity (Wildman–Crippen MR) is 122 cm³/mol. The summed E-state index contributed by atoms with van der Waals surface area (Å²) in [6.45, 7) is 9.70. The fourth-order valence-electron chi connectivity index (χ4n) is 4.28. The molecule has 1 atom stereocenters. The zero-order valence-electron chi connectivity index (χ0n) is 19.6. The molecule has 2 heterocycles. The van der Waals surface area contributed by atoms with Crippen molar-refractivity contribution < 1.29 is 24.1 Å². The minimum Gasteiger partial charge on any atom is -0.493 e. The van der Waals surface area contributed by atoms with E-state index in [0.717, 1.165) is 28.9 Å². The minimum absolute atomic E-state index is 0.0976. The fraction of sp³-hybridized carbons (Fsp3) is 0.500. The molecule has 0 aliphatic carbocycles. The summed E-state index contributed by atoms with van der Waals surface area (Å²) in [5.41, 5.74) is 2.25. The first-order chi connectivity index (χ1) is 15.1. The van der Waals surface area contributed by atoms with Gasteiger partial charge >= 0.3 is 5.97 Å². The maximum absolute atomic E-state index is 12.6. The van der Waals surface area contributed by atoms with Gasteiger partial charge in [0.25, 0.3) is 0 Å². The second-order valence-electron chi connectivity index (χ2n) is 8.95. The van der Waals surface area contributed by atoms with E-state index in [2.05, 4.69) is 32.7 Å². The van der Waals surface area contributed by atoms with E-state index in [1.165, 1.54) is 12.3 Å². The molecular formula is C24H32N2O6. The van der Waals surface area contributed by atoms with E-state index in [9.17, 15) is 14.7 Å². The molecule has 1 aliphatic heterocycles. The van der Waals surface area contributed by atoms with Gasteiger partial charge < -0.3 is 24.3 Å². The van der Waals surface area contributed by atoms with E-state index in [1.54, 1.807) is 18.9 Å². The monoisotopic (exact) mass is 444 g/mol. The van der Waals surface area contributed by atoms with Crippen molar-refractivity contribution in [3.8, 4) is 17.0 Å². The number of aromatic carboxylic acids is 1. The van der Waals surface area contributed by atoms with Crippen LogP contribution in [0.1, 0.15) is 61.6 Å². The summed E-state index contributed by atoms with van der Waals surface area (Å²) in [5, 5.41) is 11.6. The molecule has 8 heteroatoms. The molecule has 2 aromatic rings. The maximum atomic E-state index is 12.6. The summed E-state index contributed by atoms with van der Waals surface area (Å²) in [5.74, 6) is -0.502. The summed E-state index contributed by atoms with van der Waals surface area (Å²) in [6, 6.07) is 5.30. The number of carbonyl (C=O) groups is 1. The van der Waals surface area contributed by atoms with Crippen molar-refractivity contribution >= 4 is 5.97 Å².